The first-order chi connectivity index (χ1) is 4.16. The fourth-order valence-electron chi connectivity index (χ4n) is 0.753. The van der Waals surface area contributed by atoms with Crippen LogP contribution in [0.1, 0.15) is 0 Å². The average molecular weight is 255 g/mol. The van der Waals surface area contributed by atoms with Gasteiger partial charge in [-0.25, -0.2) is 15.1 Å². The summed E-state index contributed by atoms with van der Waals surface area (Å²) in [5.74, 6) is 5.36. The molecule has 5 heteroatoms. The van der Waals surface area contributed by atoms with E-state index in [1.165, 1.54) is 5.01 Å². The summed E-state index contributed by atoms with van der Waals surface area (Å²) in [4.78, 5) is 10.3. The molecule has 0 aromatic heterocycles. The van der Waals surface area contributed by atoms with Crippen molar-refractivity contribution < 1.29 is 33.3 Å². The minimum Gasteiger partial charge on any atom is -1.00 e. The molecule has 0 aliphatic carbocycles. The van der Waals surface area contributed by atoms with E-state index >= 15 is 0 Å². The summed E-state index contributed by atoms with van der Waals surface area (Å²) < 4.78 is 0.247. The van der Waals surface area contributed by atoms with E-state index in [-0.39, 0.29) is 28.5 Å². The minimum atomic E-state index is 0. The van der Waals surface area contributed by atoms with Crippen molar-refractivity contribution in [3.63, 3.8) is 0 Å². The van der Waals surface area contributed by atoms with Crippen LogP contribution in [0.25, 0.3) is 0 Å². The highest BCUT2D eigenvalue weighted by molar-refractivity contribution is 5.38. The molecule has 58 valence electrons. The molecule has 0 fully saturated rings. The van der Waals surface area contributed by atoms with Crippen LogP contribution in [-0.2, 0) is 4.79 Å². The van der Waals surface area contributed by atoms with Gasteiger partial charge in [0, 0.05) is 0 Å². The lowest BCUT2D eigenvalue weighted by molar-refractivity contribution is -0.774. The molecule has 1 aliphatic heterocycles. The first-order valence-corrected chi connectivity index (χ1v) is 2.68. The SMILES string of the molecule is C[N+]1(C=O)C=CN(N)C1.[I-]. The van der Waals surface area contributed by atoms with Gasteiger partial charge in [-0.1, -0.05) is 0 Å². The van der Waals surface area contributed by atoms with Gasteiger partial charge in [0.05, 0.1) is 13.2 Å². The second-order valence-electron chi connectivity index (χ2n) is 2.41. The van der Waals surface area contributed by atoms with Crippen LogP contribution in [0.2, 0.25) is 0 Å². The number of hydrogen-bond donors (Lipinski definition) is 1. The average Bonchev–Trinajstić information content (AvgIpc) is 2.13. The Labute approximate surface area is 76.8 Å². The number of carbonyl (C=O) groups excluding carboxylic acids is 1. The molecule has 0 saturated carbocycles. The van der Waals surface area contributed by atoms with E-state index in [0.717, 1.165) is 6.41 Å². The molecule has 1 heterocycles. The highest BCUT2D eigenvalue weighted by Gasteiger charge is 2.24. The summed E-state index contributed by atoms with van der Waals surface area (Å²) in [5.41, 5.74) is 0. The van der Waals surface area contributed by atoms with Crippen molar-refractivity contribution >= 4 is 6.41 Å². The number of rotatable bonds is 1. The molecule has 0 spiro atoms. The van der Waals surface area contributed by atoms with E-state index in [9.17, 15) is 4.79 Å². The van der Waals surface area contributed by atoms with Gasteiger partial charge in [0.25, 0.3) is 0 Å². The highest BCUT2D eigenvalue weighted by Crippen LogP contribution is 2.07. The molecule has 1 atom stereocenters. The summed E-state index contributed by atoms with van der Waals surface area (Å²) >= 11 is 0. The molecule has 1 unspecified atom stereocenters. The van der Waals surface area contributed by atoms with Crippen LogP contribution in [0.5, 0.6) is 0 Å². The van der Waals surface area contributed by atoms with Gasteiger partial charge in [0.2, 0.25) is 0 Å². The number of nitrogens with zero attached hydrogens (tertiary/aromatic N) is 2. The third kappa shape index (κ3) is 1.93. The molecular formula is C5H10IN3O. The highest BCUT2D eigenvalue weighted by atomic mass is 127. The maximum Gasteiger partial charge on any atom is 0.307 e. The van der Waals surface area contributed by atoms with Gasteiger partial charge in [-0.2, -0.15) is 0 Å². The standard InChI is InChI=1S/C5H10N3O.HI/c1-8(5-9)3-2-7(6)4-8;/h2-3,5H,4,6H2,1H3;1H/q+1;/p-1. The van der Waals surface area contributed by atoms with Gasteiger partial charge in [-0.05, 0) is 0 Å². The van der Waals surface area contributed by atoms with Crippen molar-refractivity contribution in [2.24, 2.45) is 5.84 Å². The van der Waals surface area contributed by atoms with Crippen molar-refractivity contribution in [2.75, 3.05) is 13.7 Å². The summed E-state index contributed by atoms with van der Waals surface area (Å²) in [5, 5.41) is 1.48. The van der Waals surface area contributed by atoms with Gasteiger partial charge >= 0.3 is 6.41 Å². The molecule has 2 N–H and O–H groups in total. The molecule has 10 heavy (non-hydrogen) atoms. The van der Waals surface area contributed by atoms with E-state index in [2.05, 4.69) is 0 Å². The van der Waals surface area contributed by atoms with Crippen molar-refractivity contribution in [3.05, 3.63) is 12.4 Å². The normalized spacial score (nSPS) is 30.0. The van der Waals surface area contributed by atoms with Gasteiger partial charge in [-0.15, -0.1) is 0 Å². The van der Waals surface area contributed by atoms with Crippen molar-refractivity contribution in [2.45, 2.75) is 0 Å². The summed E-state index contributed by atoms with van der Waals surface area (Å²) in [6.07, 6.45) is 4.28. The Bertz CT molecular complexity index is 161. The van der Waals surface area contributed by atoms with E-state index in [4.69, 9.17) is 5.84 Å². The molecule has 0 radical (unpaired) electrons. The Morgan fingerprint density at radius 3 is 2.60 bits per heavy atom. The lowest BCUT2D eigenvalue weighted by Crippen LogP contribution is -3.00. The number of carbonyl (C=O) groups is 1. The second kappa shape index (κ2) is 3.31. The van der Waals surface area contributed by atoms with Crippen molar-refractivity contribution in [1.82, 2.24) is 5.01 Å². The first-order valence-electron chi connectivity index (χ1n) is 2.68. The Morgan fingerprint density at radius 2 is 2.40 bits per heavy atom. The van der Waals surface area contributed by atoms with Crippen LogP contribution in [0, 0.1) is 0 Å². The fraction of sp³-hybridized carbons (Fsp3) is 0.400. The Balaban J connectivity index is 0.000000810. The van der Waals surface area contributed by atoms with E-state index < -0.39 is 0 Å². The maximum absolute atomic E-state index is 10.3. The Hall–Kier alpha value is -0.140. The van der Waals surface area contributed by atoms with Crippen LogP contribution >= 0.6 is 0 Å². The topological polar surface area (TPSA) is 46.3 Å². The second-order valence-corrected chi connectivity index (χ2v) is 2.41. The fourth-order valence-corrected chi connectivity index (χ4v) is 0.753. The molecule has 0 saturated heterocycles. The lowest BCUT2D eigenvalue weighted by atomic mass is 10.7. The zero-order valence-corrected chi connectivity index (χ0v) is 7.85. The lowest BCUT2D eigenvalue weighted by Gasteiger charge is -2.17. The zero-order valence-electron chi connectivity index (χ0n) is 5.70. The largest absolute Gasteiger partial charge is 1.00 e. The minimum absolute atomic E-state index is 0. The van der Waals surface area contributed by atoms with Gasteiger partial charge < -0.3 is 24.0 Å². The molecule has 0 aromatic carbocycles. The van der Waals surface area contributed by atoms with Crippen LogP contribution in [-0.4, -0.2) is 29.6 Å². The molecule has 0 bridgehead atoms. The van der Waals surface area contributed by atoms with Crippen LogP contribution < -0.4 is 29.8 Å². The van der Waals surface area contributed by atoms with Gasteiger partial charge in [0.1, 0.15) is 6.20 Å². The third-order valence-electron chi connectivity index (χ3n) is 1.31. The smallest absolute Gasteiger partial charge is 0.307 e. The van der Waals surface area contributed by atoms with Gasteiger partial charge in [0.15, 0.2) is 6.67 Å². The number of amides is 1. The number of hydrogen-bond acceptors (Lipinski definition) is 3. The molecule has 1 amide bonds. The van der Waals surface area contributed by atoms with E-state index in [1.54, 1.807) is 19.4 Å². The maximum atomic E-state index is 10.3. The number of halogens is 1. The number of hydrazine groups is 1. The van der Waals surface area contributed by atoms with Crippen LogP contribution in [0.15, 0.2) is 12.4 Å². The number of nitrogens with two attached hydrogens (primary N) is 1. The molecule has 1 aliphatic rings. The number of quaternary nitrogens is 1. The monoisotopic (exact) mass is 255 g/mol. The van der Waals surface area contributed by atoms with E-state index in [1.807, 2.05) is 0 Å². The molecule has 0 aromatic rings. The summed E-state index contributed by atoms with van der Waals surface area (Å²) in [6, 6.07) is 0. The van der Waals surface area contributed by atoms with Crippen molar-refractivity contribution in [1.29, 1.82) is 0 Å². The Kier molecular flexibility index (Phi) is 3.26. The quantitative estimate of drug-likeness (QED) is 0.226. The molecular weight excluding hydrogens is 245 g/mol. The zero-order chi connectivity index (χ0) is 6.91. The van der Waals surface area contributed by atoms with Crippen LogP contribution in [0.3, 0.4) is 0 Å². The predicted molar refractivity (Wildman–Crippen MR) is 32.3 cm³/mol. The first kappa shape index (κ1) is 9.86. The summed E-state index contributed by atoms with van der Waals surface area (Å²) in [7, 11) is 1.79. The third-order valence-corrected chi connectivity index (χ3v) is 1.31. The van der Waals surface area contributed by atoms with Crippen LogP contribution in [0.4, 0.5) is 0 Å². The van der Waals surface area contributed by atoms with Gasteiger partial charge in [-0.3, -0.25) is 5.01 Å². The Morgan fingerprint density at radius 1 is 1.80 bits per heavy atom. The molecule has 1 rings (SSSR count). The predicted octanol–water partition coefficient (Wildman–Crippen LogP) is -3.79. The summed E-state index contributed by atoms with van der Waals surface area (Å²) in [6.45, 7) is 0.531. The van der Waals surface area contributed by atoms with E-state index in [0.29, 0.717) is 6.67 Å². The van der Waals surface area contributed by atoms with Crippen molar-refractivity contribution in [3.8, 4) is 0 Å². The molecule has 4 nitrogen and oxygen atoms in total.